The van der Waals surface area contributed by atoms with E-state index in [1.807, 2.05) is 13.2 Å². The van der Waals surface area contributed by atoms with Gasteiger partial charge in [-0.15, -0.1) is 0 Å². The molecular weight excluding hydrogens is 278 g/mol. The van der Waals surface area contributed by atoms with E-state index in [4.69, 9.17) is 5.84 Å². The summed E-state index contributed by atoms with van der Waals surface area (Å²) in [5.41, 5.74) is 4.08. The van der Waals surface area contributed by atoms with Gasteiger partial charge in [0.05, 0.1) is 11.1 Å². The summed E-state index contributed by atoms with van der Waals surface area (Å²) in [6.45, 7) is 0.324. The molecule has 0 saturated carbocycles. The molecule has 4 N–H and O–H groups in total. The Morgan fingerprint density at radius 1 is 1.30 bits per heavy atom. The molecule has 2 aromatic rings. The smallest absolute Gasteiger partial charge is 0.240 e. The van der Waals surface area contributed by atoms with Gasteiger partial charge in [-0.25, -0.2) is 13.1 Å². The summed E-state index contributed by atoms with van der Waals surface area (Å²) in [5.74, 6) is 5.23. The van der Waals surface area contributed by atoms with E-state index in [1.54, 1.807) is 23.0 Å². The summed E-state index contributed by atoms with van der Waals surface area (Å²) in [6, 6.07) is 6.22. The minimum Gasteiger partial charge on any atom is -0.324 e. The largest absolute Gasteiger partial charge is 0.324 e. The summed E-state index contributed by atoms with van der Waals surface area (Å²) in [6.07, 6.45) is 4.17. The fourth-order valence-electron chi connectivity index (χ4n) is 1.74. The molecule has 1 aromatic carbocycles. The number of hydrazine groups is 1. The maximum Gasteiger partial charge on any atom is 0.240 e. The van der Waals surface area contributed by atoms with Crippen molar-refractivity contribution in [2.75, 3.05) is 12.0 Å². The zero-order valence-electron chi connectivity index (χ0n) is 11.1. The lowest BCUT2D eigenvalue weighted by atomic mass is 10.3. The second-order valence-electron chi connectivity index (χ2n) is 4.34. The van der Waals surface area contributed by atoms with E-state index >= 15 is 0 Å². The van der Waals surface area contributed by atoms with Crippen LogP contribution >= 0.6 is 0 Å². The van der Waals surface area contributed by atoms with Gasteiger partial charge in [0.25, 0.3) is 0 Å². The van der Waals surface area contributed by atoms with Crippen LogP contribution in [0.25, 0.3) is 0 Å². The molecule has 0 spiro atoms. The van der Waals surface area contributed by atoms with E-state index < -0.39 is 10.0 Å². The molecule has 20 heavy (non-hydrogen) atoms. The van der Waals surface area contributed by atoms with Gasteiger partial charge in [-0.2, -0.15) is 5.10 Å². The number of nitrogens with two attached hydrogens (primary N) is 1. The van der Waals surface area contributed by atoms with Gasteiger partial charge in [0, 0.05) is 25.5 Å². The molecule has 7 nitrogen and oxygen atoms in total. The normalized spacial score (nSPS) is 11.5. The van der Waals surface area contributed by atoms with Crippen LogP contribution in [0.4, 0.5) is 5.69 Å². The highest BCUT2D eigenvalue weighted by Crippen LogP contribution is 2.12. The number of nitrogen functional groups attached to an aromatic ring is 1. The highest BCUT2D eigenvalue weighted by Gasteiger charge is 2.13. The van der Waals surface area contributed by atoms with Gasteiger partial charge in [0.15, 0.2) is 0 Å². The van der Waals surface area contributed by atoms with Crippen LogP contribution in [0.3, 0.4) is 0 Å². The zero-order chi connectivity index (χ0) is 14.6. The first-order valence-electron chi connectivity index (χ1n) is 6.05. The van der Waals surface area contributed by atoms with Crippen LogP contribution in [0.2, 0.25) is 0 Å². The second kappa shape index (κ2) is 6.04. The molecule has 0 aliphatic rings. The fourth-order valence-corrected chi connectivity index (χ4v) is 2.78. The van der Waals surface area contributed by atoms with Crippen molar-refractivity contribution in [3.8, 4) is 0 Å². The van der Waals surface area contributed by atoms with E-state index in [1.165, 1.54) is 12.1 Å². The molecule has 8 heteroatoms. The third-order valence-electron chi connectivity index (χ3n) is 2.80. The maximum atomic E-state index is 12.0. The first-order chi connectivity index (χ1) is 9.51. The Hall–Kier alpha value is -1.90. The molecule has 0 bridgehead atoms. The van der Waals surface area contributed by atoms with E-state index in [2.05, 4.69) is 15.2 Å². The Balaban J connectivity index is 1.96. The topological polar surface area (TPSA) is 102 Å². The van der Waals surface area contributed by atoms with Crippen LogP contribution in [-0.2, 0) is 23.5 Å². The molecule has 0 atom stereocenters. The third-order valence-corrected chi connectivity index (χ3v) is 4.27. The van der Waals surface area contributed by atoms with E-state index in [-0.39, 0.29) is 4.90 Å². The number of anilines is 1. The third kappa shape index (κ3) is 3.56. The first-order valence-corrected chi connectivity index (χ1v) is 7.53. The molecule has 108 valence electrons. The Morgan fingerprint density at radius 3 is 2.55 bits per heavy atom. The molecule has 0 unspecified atom stereocenters. The van der Waals surface area contributed by atoms with Crippen molar-refractivity contribution in [2.24, 2.45) is 12.9 Å². The van der Waals surface area contributed by atoms with Gasteiger partial charge in [-0.3, -0.25) is 10.5 Å². The summed E-state index contributed by atoms with van der Waals surface area (Å²) < 4.78 is 28.3. The van der Waals surface area contributed by atoms with Crippen molar-refractivity contribution >= 4 is 15.7 Å². The average molecular weight is 295 g/mol. The Bertz CT molecular complexity index is 663. The van der Waals surface area contributed by atoms with Crippen LogP contribution in [0, 0.1) is 0 Å². The average Bonchev–Trinajstić information content (AvgIpc) is 2.84. The highest BCUT2D eigenvalue weighted by molar-refractivity contribution is 7.89. The maximum absolute atomic E-state index is 12.0. The number of hydrogen-bond donors (Lipinski definition) is 3. The number of rotatable bonds is 6. The van der Waals surface area contributed by atoms with Crippen LogP contribution in [0.1, 0.15) is 5.56 Å². The van der Waals surface area contributed by atoms with Gasteiger partial charge in [-0.1, -0.05) is 0 Å². The van der Waals surface area contributed by atoms with Gasteiger partial charge in [0.2, 0.25) is 10.0 Å². The minimum atomic E-state index is -3.49. The van der Waals surface area contributed by atoms with Crippen LogP contribution in [0.15, 0.2) is 41.6 Å². The molecule has 0 radical (unpaired) electrons. The monoisotopic (exact) mass is 295 g/mol. The molecule has 0 aliphatic heterocycles. The molecule has 0 saturated heterocycles. The van der Waals surface area contributed by atoms with Crippen LogP contribution in [0.5, 0.6) is 0 Å². The number of aromatic nitrogens is 2. The zero-order valence-corrected chi connectivity index (χ0v) is 11.9. The van der Waals surface area contributed by atoms with Crippen molar-refractivity contribution in [1.82, 2.24) is 14.5 Å². The predicted molar refractivity (Wildman–Crippen MR) is 76.4 cm³/mol. The Labute approximate surface area is 117 Å². The fraction of sp³-hybridized carbons (Fsp3) is 0.250. The predicted octanol–water partition coefficient (Wildman–Crippen LogP) is 0.227. The number of aryl methyl sites for hydroxylation is 1. The molecule has 2 rings (SSSR count). The molecule has 1 heterocycles. The highest BCUT2D eigenvalue weighted by atomic mass is 32.2. The Morgan fingerprint density at radius 2 is 2.00 bits per heavy atom. The van der Waals surface area contributed by atoms with Crippen molar-refractivity contribution < 1.29 is 8.42 Å². The number of benzene rings is 1. The van der Waals surface area contributed by atoms with Crippen molar-refractivity contribution in [3.63, 3.8) is 0 Å². The first kappa shape index (κ1) is 14.5. The van der Waals surface area contributed by atoms with Gasteiger partial charge in [0.1, 0.15) is 0 Å². The van der Waals surface area contributed by atoms with E-state index in [0.717, 1.165) is 5.56 Å². The molecule has 0 aliphatic carbocycles. The quantitative estimate of drug-likeness (QED) is 0.523. The number of nitrogens with one attached hydrogen (secondary N) is 2. The number of nitrogens with zero attached hydrogens (tertiary/aromatic N) is 2. The SMILES string of the molecule is Cn1cc(CCNS(=O)(=O)c2ccc(NN)cc2)cn1. The number of sulfonamides is 1. The molecule has 0 amide bonds. The lowest BCUT2D eigenvalue weighted by Crippen LogP contribution is -2.26. The van der Waals surface area contributed by atoms with Gasteiger partial charge < -0.3 is 5.43 Å². The summed E-state index contributed by atoms with van der Waals surface area (Å²) in [7, 11) is -1.67. The lowest BCUT2D eigenvalue weighted by Gasteiger charge is -2.07. The second-order valence-corrected chi connectivity index (χ2v) is 6.11. The van der Waals surface area contributed by atoms with Crippen LogP contribution < -0.4 is 16.0 Å². The van der Waals surface area contributed by atoms with Gasteiger partial charge >= 0.3 is 0 Å². The van der Waals surface area contributed by atoms with Crippen molar-refractivity contribution in [2.45, 2.75) is 11.3 Å². The minimum absolute atomic E-state index is 0.211. The molecule has 0 fully saturated rings. The van der Waals surface area contributed by atoms with Crippen molar-refractivity contribution in [1.29, 1.82) is 0 Å². The summed E-state index contributed by atoms with van der Waals surface area (Å²) in [4.78, 5) is 0.211. The number of hydrogen-bond acceptors (Lipinski definition) is 5. The van der Waals surface area contributed by atoms with Gasteiger partial charge in [-0.05, 0) is 36.2 Å². The Kier molecular flexibility index (Phi) is 4.38. The molecular formula is C12H17N5O2S. The van der Waals surface area contributed by atoms with E-state index in [0.29, 0.717) is 18.7 Å². The molecule has 1 aromatic heterocycles. The summed E-state index contributed by atoms with van der Waals surface area (Å²) >= 11 is 0. The lowest BCUT2D eigenvalue weighted by molar-refractivity contribution is 0.581. The standard InChI is InChI=1S/C12H17N5O2S/c1-17-9-10(8-14-17)6-7-15-20(18,19)12-4-2-11(16-13)3-5-12/h2-5,8-9,15-16H,6-7,13H2,1H3. The summed E-state index contributed by atoms with van der Waals surface area (Å²) in [5, 5.41) is 4.03. The van der Waals surface area contributed by atoms with Crippen LogP contribution in [-0.4, -0.2) is 24.7 Å². The van der Waals surface area contributed by atoms with E-state index in [9.17, 15) is 8.42 Å². The van der Waals surface area contributed by atoms with Crippen molar-refractivity contribution in [3.05, 3.63) is 42.2 Å².